The van der Waals surface area contributed by atoms with Gasteiger partial charge in [0.15, 0.2) is 0 Å². The lowest BCUT2D eigenvalue weighted by Gasteiger charge is -2.43. The third-order valence-corrected chi connectivity index (χ3v) is 8.69. The maximum Gasteiger partial charge on any atom is 0.317 e. The first-order valence-corrected chi connectivity index (χ1v) is 12.8. The molecular weight excluding hydrogens is 438 g/mol. The molecule has 178 valence electrons. The van der Waals surface area contributed by atoms with Crippen molar-refractivity contribution in [3.63, 3.8) is 0 Å². The largest absolute Gasteiger partial charge is 0.468 e. The van der Waals surface area contributed by atoms with Crippen LogP contribution < -0.4 is 0 Å². The van der Waals surface area contributed by atoms with E-state index < -0.39 is 21.4 Å². The molecule has 1 unspecified atom stereocenters. The molecule has 1 aliphatic carbocycles. The number of fused-ring (bicyclic) bond motifs is 2. The summed E-state index contributed by atoms with van der Waals surface area (Å²) in [7, 11) is -2.40. The Balaban J connectivity index is 1.71. The van der Waals surface area contributed by atoms with E-state index in [-0.39, 0.29) is 22.9 Å². The summed E-state index contributed by atoms with van der Waals surface area (Å²) in [6.07, 6.45) is 4.65. The highest BCUT2D eigenvalue weighted by Gasteiger charge is 2.51. The number of carbonyl (C=O) groups is 1. The van der Waals surface area contributed by atoms with Crippen molar-refractivity contribution in [2.75, 3.05) is 20.2 Å². The van der Waals surface area contributed by atoms with Crippen molar-refractivity contribution in [2.45, 2.75) is 63.8 Å². The van der Waals surface area contributed by atoms with Crippen LogP contribution in [0.1, 0.15) is 63.9 Å². The first-order chi connectivity index (χ1) is 15.4. The molecule has 0 spiro atoms. The van der Waals surface area contributed by atoms with E-state index in [0.717, 1.165) is 22.4 Å². The summed E-state index contributed by atoms with van der Waals surface area (Å²) >= 11 is 0. The molecule has 1 aromatic carbocycles. The number of esters is 1. The number of methoxy groups -OCH3 is 1. The number of benzene rings is 1. The molecule has 1 saturated heterocycles. The van der Waals surface area contributed by atoms with E-state index in [4.69, 9.17) is 4.74 Å². The van der Waals surface area contributed by atoms with Crippen molar-refractivity contribution in [3.05, 3.63) is 52.9 Å². The molecular formula is C25H33N3O4S. The van der Waals surface area contributed by atoms with Gasteiger partial charge in [0.05, 0.1) is 23.9 Å². The van der Waals surface area contributed by atoms with Crippen LogP contribution in [0.5, 0.6) is 0 Å². The van der Waals surface area contributed by atoms with Crippen molar-refractivity contribution < 1.29 is 17.9 Å². The molecule has 0 bridgehead atoms. The predicted molar refractivity (Wildman–Crippen MR) is 127 cm³/mol. The number of carbonyl (C=O) groups excluding carboxylic acids is 1. The maximum absolute atomic E-state index is 13.6. The van der Waals surface area contributed by atoms with Crippen LogP contribution in [-0.2, 0) is 31.4 Å². The normalized spacial score (nSPS) is 21.4. The summed E-state index contributed by atoms with van der Waals surface area (Å²) in [5, 5.41) is 4.50. The van der Waals surface area contributed by atoms with E-state index in [9.17, 15) is 13.2 Å². The average molecular weight is 472 g/mol. The second-order valence-electron chi connectivity index (χ2n) is 10.4. The molecule has 2 aromatic rings. The summed E-state index contributed by atoms with van der Waals surface area (Å²) in [6, 6.07) is 7.25. The monoisotopic (exact) mass is 471 g/mol. The number of piperidine rings is 1. The van der Waals surface area contributed by atoms with E-state index in [2.05, 4.69) is 39.7 Å². The number of hydrogen-bond acceptors (Lipinski definition) is 5. The van der Waals surface area contributed by atoms with Gasteiger partial charge in [-0.1, -0.05) is 32.9 Å². The molecule has 0 radical (unpaired) electrons. The van der Waals surface area contributed by atoms with Crippen molar-refractivity contribution in [1.29, 1.82) is 0 Å². The summed E-state index contributed by atoms with van der Waals surface area (Å²) in [5.74, 6) is -0.403. The fourth-order valence-electron chi connectivity index (χ4n) is 4.89. The topological polar surface area (TPSA) is 81.5 Å². The van der Waals surface area contributed by atoms with Gasteiger partial charge in [0.2, 0.25) is 10.0 Å². The zero-order chi connectivity index (χ0) is 24.2. The molecule has 1 aliphatic heterocycles. The summed E-state index contributed by atoms with van der Waals surface area (Å²) in [4.78, 5) is 13.4. The molecule has 8 heteroatoms. The average Bonchev–Trinajstić information content (AvgIpc) is 3.18. The Morgan fingerprint density at radius 3 is 2.42 bits per heavy atom. The van der Waals surface area contributed by atoms with Crippen LogP contribution in [0.25, 0.3) is 6.08 Å². The van der Waals surface area contributed by atoms with E-state index in [1.807, 2.05) is 22.9 Å². The number of ether oxygens (including phenoxy) is 1. The Morgan fingerprint density at radius 2 is 1.85 bits per heavy atom. The summed E-state index contributed by atoms with van der Waals surface area (Å²) in [6.45, 7) is 10.8. The fraction of sp³-hybridized carbons (Fsp3) is 0.520. The van der Waals surface area contributed by atoms with Gasteiger partial charge in [-0.15, -0.1) is 0 Å². The third-order valence-electron chi connectivity index (χ3n) is 6.83. The van der Waals surface area contributed by atoms with Crippen molar-refractivity contribution in [2.24, 2.45) is 5.41 Å². The molecule has 7 nitrogen and oxygen atoms in total. The minimum absolute atomic E-state index is 0.0567. The lowest BCUT2D eigenvalue weighted by Crippen LogP contribution is -2.53. The minimum atomic E-state index is -3.76. The minimum Gasteiger partial charge on any atom is -0.468 e. The van der Waals surface area contributed by atoms with Gasteiger partial charge in [-0.25, -0.2) is 8.42 Å². The lowest BCUT2D eigenvalue weighted by atomic mass is 9.69. The quantitative estimate of drug-likeness (QED) is 0.631. The molecule has 0 saturated carbocycles. The van der Waals surface area contributed by atoms with Gasteiger partial charge < -0.3 is 4.74 Å². The van der Waals surface area contributed by atoms with Crippen LogP contribution in [0, 0.1) is 5.41 Å². The highest BCUT2D eigenvalue weighted by molar-refractivity contribution is 7.89. The zero-order valence-corrected chi connectivity index (χ0v) is 21.1. The van der Waals surface area contributed by atoms with Crippen LogP contribution in [0.2, 0.25) is 0 Å². The predicted octanol–water partition coefficient (Wildman–Crippen LogP) is 3.96. The number of hydrogen-bond donors (Lipinski definition) is 0. The molecule has 0 N–H and O–H groups in total. The van der Waals surface area contributed by atoms with Gasteiger partial charge in [0, 0.05) is 19.1 Å². The first-order valence-electron chi connectivity index (χ1n) is 11.4. The summed E-state index contributed by atoms with van der Waals surface area (Å²) < 4.78 is 35.7. The number of rotatable bonds is 4. The third kappa shape index (κ3) is 3.93. The molecule has 0 amide bonds. The highest BCUT2D eigenvalue weighted by atomic mass is 32.2. The molecule has 4 rings (SSSR count). The lowest BCUT2D eigenvalue weighted by molar-refractivity contribution is -0.151. The Hall–Kier alpha value is -2.45. The van der Waals surface area contributed by atoms with Crippen molar-refractivity contribution in [3.8, 4) is 0 Å². The van der Waals surface area contributed by atoms with Gasteiger partial charge in [0.1, 0.15) is 5.41 Å². The Bertz CT molecular complexity index is 1200. The van der Waals surface area contributed by atoms with E-state index in [1.54, 1.807) is 18.3 Å². The standard InChI is InChI=1S/C25H33N3O4S/c1-17(2)28-22-13-20-11-12-27(16-25(20,23(29)32-6)14-18(22)15-26-28)33(30,31)21-9-7-19(8-10-21)24(3,4)5/h7-10,13,15,17H,11-12,14,16H2,1-6H3. The van der Waals surface area contributed by atoms with Gasteiger partial charge in [0.25, 0.3) is 0 Å². The van der Waals surface area contributed by atoms with Crippen molar-refractivity contribution in [1.82, 2.24) is 14.1 Å². The van der Waals surface area contributed by atoms with E-state index in [1.165, 1.54) is 11.4 Å². The Morgan fingerprint density at radius 1 is 1.18 bits per heavy atom. The molecule has 1 aromatic heterocycles. The number of aromatic nitrogens is 2. The molecule has 1 atom stereocenters. The van der Waals surface area contributed by atoms with Crippen molar-refractivity contribution >= 4 is 22.1 Å². The molecule has 33 heavy (non-hydrogen) atoms. The molecule has 1 fully saturated rings. The van der Waals surface area contributed by atoms with Crippen LogP contribution in [0.3, 0.4) is 0 Å². The van der Waals surface area contributed by atoms with E-state index >= 15 is 0 Å². The van der Waals surface area contributed by atoms with Gasteiger partial charge in [-0.05, 0) is 67.0 Å². The Labute approximate surface area is 196 Å². The summed E-state index contributed by atoms with van der Waals surface area (Å²) in [5.41, 5.74) is 2.81. The SMILES string of the molecule is COC(=O)C12Cc3cnn(C(C)C)c3C=C1CCN(S(=O)(=O)c1ccc(C(C)(C)C)cc1)C2. The zero-order valence-electron chi connectivity index (χ0n) is 20.3. The van der Waals surface area contributed by atoms with Gasteiger partial charge in [-0.3, -0.25) is 9.48 Å². The van der Waals surface area contributed by atoms with Crippen LogP contribution in [0.4, 0.5) is 0 Å². The first kappa shape index (κ1) is 23.7. The van der Waals surface area contributed by atoms with Crippen LogP contribution in [-0.4, -0.2) is 48.7 Å². The van der Waals surface area contributed by atoms with E-state index in [0.29, 0.717) is 19.4 Å². The van der Waals surface area contributed by atoms with Crippen LogP contribution >= 0.6 is 0 Å². The number of nitrogens with zero attached hydrogens (tertiary/aromatic N) is 3. The van der Waals surface area contributed by atoms with Gasteiger partial charge in [-0.2, -0.15) is 9.40 Å². The smallest absolute Gasteiger partial charge is 0.317 e. The van der Waals surface area contributed by atoms with Crippen LogP contribution in [0.15, 0.2) is 40.9 Å². The maximum atomic E-state index is 13.6. The second-order valence-corrected chi connectivity index (χ2v) is 12.3. The van der Waals surface area contributed by atoms with Gasteiger partial charge >= 0.3 is 5.97 Å². The molecule has 2 aliphatic rings. The second kappa shape index (κ2) is 8.09. The number of sulfonamides is 1. The Kier molecular flexibility index (Phi) is 5.81. The molecule has 2 heterocycles. The fourth-order valence-corrected chi connectivity index (χ4v) is 6.39. The highest BCUT2D eigenvalue weighted by Crippen LogP contribution is 2.46.